The van der Waals surface area contributed by atoms with Crippen molar-refractivity contribution in [3.8, 4) is 0 Å². The second-order valence-corrected chi connectivity index (χ2v) is 10.5. The summed E-state index contributed by atoms with van der Waals surface area (Å²) in [6.07, 6.45) is 2.38. The maximum atomic E-state index is 13.7. The Morgan fingerprint density at radius 3 is 2.02 bits per heavy atom. The molecule has 0 radical (unpaired) electrons. The molecule has 0 aliphatic carbocycles. The van der Waals surface area contributed by atoms with Crippen molar-refractivity contribution in [1.82, 2.24) is 9.80 Å². The molecule has 2 saturated heterocycles. The first-order valence-corrected chi connectivity index (χ1v) is 14.3. The molecule has 2 aliphatic rings. The predicted molar refractivity (Wildman–Crippen MR) is 157 cm³/mol. The highest BCUT2D eigenvalue weighted by Gasteiger charge is 2.65. The fourth-order valence-corrected chi connectivity index (χ4v) is 5.44. The molecule has 0 bridgehead atoms. The minimum absolute atomic E-state index is 0.0176. The van der Waals surface area contributed by atoms with E-state index in [2.05, 4.69) is 0 Å². The smallest absolute Gasteiger partial charge is 0.410 e. The Balaban J connectivity index is 1.32. The van der Waals surface area contributed by atoms with Crippen molar-refractivity contribution in [2.24, 2.45) is 0 Å². The molecule has 0 saturated carbocycles. The molecule has 3 atom stereocenters. The summed E-state index contributed by atoms with van der Waals surface area (Å²) in [5.41, 5.74) is 1.10. The molecule has 43 heavy (non-hydrogen) atoms. The topological polar surface area (TPSA) is 102 Å². The number of hydrogen-bond acceptors (Lipinski definition) is 7. The number of rotatable bonds is 13. The summed E-state index contributed by atoms with van der Waals surface area (Å²) >= 11 is 0. The minimum atomic E-state index is -1.50. The molecule has 0 aromatic heterocycles. The number of fused-ring (bicyclic) bond motifs is 1. The van der Waals surface area contributed by atoms with Crippen LogP contribution in [-0.4, -0.2) is 58.5 Å². The van der Waals surface area contributed by atoms with Crippen LogP contribution >= 0.6 is 0 Å². The van der Waals surface area contributed by atoms with Crippen LogP contribution in [0.3, 0.4) is 0 Å². The third-order valence-corrected chi connectivity index (χ3v) is 7.67. The number of carbonyl (C=O) groups excluding carboxylic acids is 4. The highest BCUT2D eigenvalue weighted by Crippen LogP contribution is 2.45. The average Bonchev–Trinajstić information content (AvgIpc) is 3.29. The van der Waals surface area contributed by atoms with Crippen LogP contribution in [0.1, 0.15) is 36.0 Å². The number of amides is 2. The summed E-state index contributed by atoms with van der Waals surface area (Å²) in [6, 6.07) is 28.2. The maximum absolute atomic E-state index is 13.7. The number of esters is 1. The second-order valence-electron chi connectivity index (χ2n) is 10.5. The molecule has 2 heterocycles. The second kappa shape index (κ2) is 13.9. The Bertz CT molecular complexity index is 1430. The van der Waals surface area contributed by atoms with Gasteiger partial charge in [-0.25, -0.2) is 9.59 Å². The van der Waals surface area contributed by atoms with Crippen LogP contribution < -0.4 is 0 Å². The van der Waals surface area contributed by atoms with Crippen molar-refractivity contribution in [3.63, 3.8) is 0 Å². The summed E-state index contributed by atoms with van der Waals surface area (Å²) < 4.78 is 17.3. The number of carbonyl (C=O) groups is 4. The van der Waals surface area contributed by atoms with Gasteiger partial charge in [0.05, 0.1) is 6.42 Å². The highest BCUT2D eigenvalue weighted by atomic mass is 16.6. The van der Waals surface area contributed by atoms with E-state index in [1.807, 2.05) is 91.0 Å². The van der Waals surface area contributed by atoms with Gasteiger partial charge in [-0.05, 0) is 16.7 Å². The first kappa shape index (κ1) is 29.7. The van der Waals surface area contributed by atoms with Crippen LogP contribution in [-0.2, 0) is 48.4 Å². The fourth-order valence-electron chi connectivity index (χ4n) is 5.44. The molecule has 2 unspecified atom stereocenters. The molecular weight excluding hydrogens is 548 g/mol. The number of nitrogens with zero attached hydrogens (tertiary/aromatic N) is 2. The molecule has 0 spiro atoms. The van der Waals surface area contributed by atoms with Crippen LogP contribution in [0.4, 0.5) is 4.79 Å². The summed E-state index contributed by atoms with van der Waals surface area (Å²) in [4.78, 5) is 54.1. The van der Waals surface area contributed by atoms with E-state index in [0.29, 0.717) is 12.8 Å². The predicted octanol–water partition coefficient (Wildman–Crippen LogP) is 4.80. The minimum Gasteiger partial charge on any atom is -0.459 e. The lowest BCUT2D eigenvalue weighted by Crippen LogP contribution is -2.65. The standard InChI is InChI=1S/C34H34N2O7/c37-21-18-29-34(36-30(38)22-31(36)43-29,32(39)41-24-27-14-6-2-7-15-27)19-10-11-20-35(23-26-12-4-1-5-13-26)33(40)42-25-28-16-8-3-9-17-28/h1-17,21,29,31H,18-20,22-25H2/t29?,31-,34?/m1/s1. The largest absolute Gasteiger partial charge is 0.459 e. The SMILES string of the molecule is O=CCC1O[C@@H]2CC(=O)N2C1(CC=CCN(Cc1ccccc1)C(=O)OCc1ccccc1)C(=O)OCc1ccccc1. The lowest BCUT2D eigenvalue weighted by molar-refractivity contribution is -0.174. The molecule has 2 amide bonds. The van der Waals surface area contributed by atoms with Gasteiger partial charge in [-0.3, -0.25) is 9.69 Å². The van der Waals surface area contributed by atoms with Gasteiger partial charge in [-0.15, -0.1) is 0 Å². The van der Waals surface area contributed by atoms with Gasteiger partial charge in [0.15, 0.2) is 5.54 Å². The zero-order valence-corrected chi connectivity index (χ0v) is 23.7. The molecule has 0 N–H and O–H groups in total. The first-order valence-electron chi connectivity index (χ1n) is 14.3. The van der Waals surface area contributed by atoms with Crippen molar-refractivity contribution >= 4 is 24.3 Å². The third kappa shape index (κ3) is 6.84. The van der Waals surface area contributed by atoms with Crippen LogP contribution in [0.15, 0.2) is 103 Å². The number of hydrogen-bond donors (Lipinski definition) is 0. The van der Waals surface area contributed by atoms with E-state index >= 15 is 0 Å². The zero-order chi connectivity index (χ0) is 30.1. The van der Waals surface area contributed by atoms with Gasteiger partial charge >= 0.3 is 12.1 Å². The molecule has 3 aromatic rings. The first-order chi connectivity index (χ1) is 21.0. The van der Waals surface area contributed by atoms with Crippen LogP contribution in [0, 0.1) is 0 Å². The van der Waals surface area contributed by atoms with E-state index in [1.54, 1.807) is 17.1 Å². The van der Waals surface area contributed by atoms with Crippen LogP contribution in [0.25, 0.3) is 0 Å². The molecular formula is C34H34N2O7. The normalized spacial score (nSPS) is 20.7. The highest BCUT2D eigenvalue weighted by molar-refractivity contribution is 5.93. The van der Waals surface area contributed by atoms with E-state index < -0.39 is 29.9 Å². The van der Waals surface area contributed by atoms with Crippen LogP contribution in [0.2, 0.25) is 0 Å². The Labute approximate surface area is 250 Å². The quantitative estimate of drug-likeness (QED) is 0.123. The molecule has 3 aromatic carbocycles. The molecule has 2 fully saturated rings. The Kier molecular flexibility index (Phi) is 9.63. The number of β-lactam (4-membered cyclic amide) rings is 1. The Hall–Kier alpha value is -4.76. The summed E-state index contributed by atoms with van der Waals surface area (Å²) in [6.45, 7) is 0.652. The summed E-state index contributed by atoms with van der Waals surface area (Å²) in [5, 5.41) is 0. The van der Waals surface area contributed by atoms with Crippen molar-refractivity contribution in [3.05, 3.63) is 120 Å². The molecule has 2 aliphatic heterocycles. The van der Waals surface area contributed by atoms with Crippen LogP contribution in [0.5, 0.6) is 0 Å². The lowest BCUT2D eigenvalue weighted by atomic mass is 9.84. The fraction of sp³-hybridized carbons (Fsp3) is 0.294. The number of benzene rings is 3. The lowest BCUT2D eigenvalue weighted by Gasteiger charge is -2.43. The molecule has 9 heteroatoms. The maximum Gasteiger partial charge on any atom is 0.410 e. The van der Waals surface area contributed by atoms with E-state index in [0.717, 1.165) is 16.7 Å². The zero-order valence-electron chi connectivity index (χ0n) is 23.7. The van der Waals surface area contributed by atoms with Crippen molar-refractivity contribution < 1.29 is 33.4 Å². The van der Waals surface area contributed by atoms with Crippen molar-refractivity contribution in [2.75, 3.05) is 6.54 Å². The number of ether oxygens (including phenoxy) is 3. The van der Waals surface area contributed by atoms with Gasteiger partial charge in [-0.2, -0.15) is 0 Å². The van der Waals surface area contributed by atoms with Gasteiger partial charge in [0.1, 0.15) is 31.8 Å². The molecule has 222 valence electrons. The Morgan fingerprint density at radius 1 is 0.860 bits per heavy atom. The van der Waals surface area contributed by atoms with Gasteiger partial charge in [0.25, 0.3) is 0 Å². The van der Waals surface area contributed by atoms with Gasteiger partial charge in [0, 0.05) is 25.9 Å². The molecule has 5 rings (SSSR count). The summed E-state index contributed by atoms with van der Waals surface area (Å²) in [5.74, 6) is -0.870. The van der Waals surface area contributed by atoms with Gasteiger partial charge < -0.3 is 23.9 Å². The monoisotopic (exact) mass is 582 g/mol. The van der Waals surface area contributed by atoms with E-state index in [4.69, 9.17) is 14.2 Å². The van der Waals surface area contributed by atoms with Crippen molar-refractivity contribution in [2.45, 2.75) is 56.9 Å². The van der Waals surface area contributed by atoms with Gasteiger partial charge in [-0.1, -0.05) is 103 Å². The van der Waals surface area contributed by atoms with E-state index in [-0.39, 0.29) is 44.9 Å². The average molecular weight is 583 g/mol. The Morgan fingerprint density at radius 2 is 1.44 bits per heavy atom. The van der Waals surface area contributed by atoms with E-state index in [1.165, 1.54) is 4.90 Å². The third-order valence-electron chi connectivity index (χ3n) is 7.67. The van der Waals surface area contributed by atoms with E-state index in [9.17, 15) is 19.2 Å². The molecule has 9 nitrogen and oxygen atoms in total. The van der Waals surface area contributed by atoms with Crippen molar-refractivity contribution in [1.29, 1.82) is 0 Å². The van der Waals surface area contributed by atoms with Gasteiger partial charge in [0.2, 0.25) is 5.91 Å². The number of aldehydes is 1. The summed E-state index contributed by atoms with van der Waals surface area (Å²) in [7, 11) is 0.